The molecular formula is C19H18N4O5. The highest BCUT2D eigenvalue weighted by molar-refractivity contribution is 5.63. The van der Waals surface area contributed by atoms with Gasteiger partial charge in [-0.1, -0.05) is 6.07 Å². The molecule has 0 radical (unpaired) electrons. The molecule has 4 rings (SSSR count). The molecule has 2 aromatic heterocycles. The third kappa shape index (κ3) is 2.81. The lowest BCUT2D eigenvalue weighted by molar-refractivity contribution is -0.385. The second kappa shape index (κ2) is 6.84. The highest BCUT2D eigenvalue weighted by atomic mass is 16.6. The Labute approximate surface area is 159 Å². The van der Waals surface area contributed by atoms with Crippen molar-refractivity contribution < 1.29 is 14.4 Å². The molecule has 0 fully saturated rings. The molecule has 1 aliphatic rings. The molecule has 0 saturated carbocycles. The summed E-state index contributed by atoms with van der Waals surface area (Å²) in [7, 11) is 3.14. The van der Waals surface area contributed by atoms with Crippen LogP contribution in [0.5, 0.6) is 11.5 Å². The highest BCUT2D eigenvalue weighted by Crippen LogP contribution is 2.35. The fourth-order valence-corrected chi connectivity index (χ4v) is 3.51. The van der Waals surface area contributed by atoms with Crippen LogP contribution in [0, 0.1) is 10.1 Å². The van der Waals surface area contributed by atoms with Crippen molar-refractivity contribution in [3.63, 3.8) is 0 Å². The van der Waals surface area contributed by atoms with Gasteiger partial charge in [0.05, 0.1) is 19.1 Å². The Bertz CT molecular complexity index is 1140. The molecule has 1 aromatic carbocycles. The maximum atomic E-state index is 12.7. The van der Waals surface area contributed by atoms with Gasteiger partial charge in [0.25, 0.3) is 0 Å². The minimum absolute atomic E-state index is 0.0848. The quantitative estimate of drug-likeness (QED) is 0.504. The van der Waals surface area contributed by atoms with Crippen LogP contribution in [0.2, 0.25) is 0 Å². The highest BCUT2D eigenvalue weighted by Gasteiger charge is 2.30. The van der Waals surface area contributed by atoms with E-state index in [2.05, 4.69) is 4.98 Å². The number of fused-ring (bicyclic) bond motifs is 2. The normalized spacial score (nSPS) is 13.3. The number of anilines is 1. The van der Waals surface area contributed by atoms with Crippen LogP contribution in [-0.2, 0) is 13.0 Å². The first-order valence-electron chi connectivity index (χ1n) is 8.68. The van der Waals surface area contributed by atoms with Crippen LogP contribution < -0.4 is 19.9 Å². The molecule has 0 saturated heterocycles. The van der Waals surface area contributed by atoms with Crippen LogP contribution >= 0.6 is 0 Å². The van der Waals surface area contributed by atoms with E-state index in [1.54, 1.807) is 37.3 Å². The van der Waals surface area contributed by atoms with E-state index in [0.29, 0.717) is 36.7 Å². The van der Waals surface area contributed by atoms with Crippen LogP contribution in [-0.4, -0.2) is 35.1 Å². The number of rotatable bonds is 4. The summed E-state index contributed by atoms with van der Waals surface area (Å²) in [6.07, 6.45) is 2.12. The number of benzene rings is 1. The minimum atomic E-state index is -0.691. The molecular weight excluding hydrogens is 364 g/mol. The van der Waals surface area contributed by atoms with E-state index in [-0.39, 0.29) is 5.82 Å². The van der Waals surface area contributed by atoms with Crippen molar-refractivity contribution >= 4 is 17.2 Å². The van der Waals surface area contributed by atoms with Gasteiger partial charge in [0, 0.05) is 19.3 Å². The van der Waals surface area contributed by atoms with Gasteiger partial charge in [-0.25, -0.2) is 4.98 Å². The monoisotopic (exact) mass is 382 g/mol. The van der Waals surface area contributed by atoms with Crippen LogP contribution in [0.25, 0.3) is 5.65 Å². The third-order valence-corrected chi connectivity index (χ3v) is 4.89. The van der Waals surface area contributed by atoms with Gasteiger partial charge in [-0.3, -0.25) is 19.3 Å². The first-order chi connectivity index (χ1) is 13.5. The molecule has 0 N–H and O–H groups in total. The number of methoxy groups -OCH3 is 2. The third-order valence-electron chi connectivity index (χ3n) is 4.89. The van der Waals surface area contributed by atoms with Gasteiger partial charge in [-0.05, 0) is 41.8 Å². The second-order valence-electron chi connectivity index (χ2n) is 6.42. The number of pyridine rings is 1. The van der Waals surface area contributed by atoms with E-state index < -0.39 is 16.2 Å². The molecule has 3 heterocycles. The SMILES string of the molecule is COc1cc2c(cc1OC)CN(c1nc3ccccn3c(=O)c1[N+](=O)[O-])CC2. The van der Waals surface area contributed by atoms with E-state index in [9.17, 15) is 14.9 Å². The van der Waals surface area contributed by atoms with Crippen molar-refractivity contribution in [1.29, 1.82) is 0 Å². The van der Waals surface area contributed by atoms with Crippen molar-refractivity contribution in [3.8, 4) is 11.5 Å². The topological polar surface area (TPSA) is 99.2 Å². The maximum Gasteiger partial charge on any atom is 0.376 e. The summed E-state index contributed by atoms with van der Waals surface area (Å²) in [6, 6.07) is 8.80. The number of nitrogens with zero attached hydrogens (tertiary/aromatic N) is 4. The summed E-state index contributed by atoms with van der Waals surface area (Å²) in [6.45, 7) is 0.880. The summed E-state index contributed by atoms with van der Waals surface area (Å²) in [5.74, 6) is 1.31. The molecule has 0 aliphatic carbocycles. The van der Waals surface area contributed by atoms with Crippen molar-refractivity contribution in [2.45, 2.75) is 13.0 Å². The Kier molecular flexibility index (Phi) is 4.34. The molecule has 0 atom stereocenters. The van der Waals surface area contributed by atoms with Crippen LogP contribution in [0.3, 0.4) is 0 Å². The van der Waals surface area contributed by atoms with Gasteiger partial charge in [-0.15, -0.1) is 0 Å². The average molecular weight is 382 g/mol. The Morgan fingerprint density at radius 2 is 1.86 bits per heavy atom. The standard InChI is InChI=1S/C19H18N4O5/c1-27-14-9-12-6-8-21(11-13(12)10-15(14)28-2)18-17(23(25)26)19(24)22-7-4-3-5-16(22)20-18/h3-5,7,9-10H,6,8,11H2,1-2H3. The lowest BCUT2D eigenvalue weighted by atomic mass is 9.98. The number of ether oxygens (including phenoxy) is 2. The molecule has 9 heteroatoms. The zero-order valence-corrected chi connectivity index (χ0v) is 15.4. The largest absolute Gasteiger partial charge is 0.493 e. The number of hydrogen-bond donors (Lipinski definition) is 0. The Balaban J connectivity index is 1.83. The van der Waals surface area contributed by atoms with Gasteiger partial charge in [0.2, 0.25) is 5.82 Å². The van der Waals surface area contributed by atoms with Crippen molar-refractivity contribution in [3.05, 3.63) is 68.1 Å². The minimum Gasteiger partial charge on any atom is -0.493 e. The molecule has 28 heavy (non-hydrogen) atoms. The van der Waals surface area contributed by atoms with Gasteiger partial charge in [0.1, 0.15) is 5.65 Å². The summed E-state index contributed by atoms with van der Waals surface area (Å²) < 4.78 is 11.9. The zero-order chi connectivity index (χ0) is 19.8. The van der Waals surface area contributed by atoms with Crippen LogP contribution in [0.1, 0.15) is 11.1 Å². The molecule has 0 spiro atoms. The Morgan fingerprint density at radius 3 is 2.54 bits per heavy atom. The molecule has 9 nitrogen and oxygen atoms in total. The molecule has 0 bridgehead atoms. The van der Waals surface area contributed by atoms with E-state index >= 15 is 0 Å². The lowest BCUT2D eigenvalue weighted by Crippen LogP contribution is -2.34. The average Bonchev–Trinajstić information content (AvgIpc) is 2.71. The fraction of sp³-hybridized carbons (Fsp3) is 0.263. The smallest absolute Gasteiger partial charge is 0.376 e. The summed E-state index contributed by atoms with van der Waals surface area (Å²) in [5, 5.41) is 11.6. The summed E-state index contributed by atoms with van der Waals surface area (Å²) in [4.78, 5) is 29.9. The van der Waals surface area contributed by atoms with Gasteiger partial charge >= 0.3 is 11.2 Å². The molecule has 1 aliphatic heterocycles. The van der Waals surface area contributed by atoms with Gasteiger partial charge in [0.15, 0.2) is 11.5 Å². The summed E-state index contributed by atoms with van der Waals surface area (Å²) in [5.41, 5.74) is 1.19. The van der Waals surface area contributed by atoms with E-state index in [0.717, 1.165) is 11.1 Å². The van der Waals surface area contributed by atoms with Gasteiger partial charge < -0.3 is 14.4 Å². The number of nitro groups is 1. The first kappa shape index (κ1) is 17.8. The zero-order valence-electron chi connectivity index (χ0n) is 15.4. The van der Waals surface area contributed by atoms with Crippen LogP contribution in [0.4, 0.5) is 11.5 Å². The van der Waals surface area contributed by atoms with Gasteiger partial charge in [-0.2, -0.15) is 0 Å². The predicted octanol–water partition coefficient (Wildman–Crippen LogP) is 2.18. The van der Waals surface area contributed by atoms with Crippen molar-refractivity contribution in [1.82, 2.24) is 9.38 Å². The second-order valence-corrected chi connectivity index (χ2v) is 6.42. The van der Waals surface area contributed by atoms with E-state index in [4.69, 9.17) is 9.47 Å². The Morgan fingerprint density at radius 1 is 1.14 bits per heavy atom. The molecule has 0 unspecified atom stereocenters. The van der Waals surface area contributed by atoms with E-state index in [1.807, 2.05) is 12.1 Å². The number of hydrogen-bond acceptors (Lipinski definition) is 7. The van der Waals surface area contributed by atoms with Crippen molar-refractivity contribution in [2.24, 2.45) is 0 Å². The molecule has 0 amide bonds. The maximum absolute atomic E-state index is 12.7. The predicted molar refractivity (Wildman–Crippen MR) is 102 cm³/mol. The van der Waals surface area contributed by atoms with Crippen LogP contribution in [0.15, 0.2) is 41.3 Å². The summed E-state index contributed by atoms with van der Waals surface area (Å²) >= 11 is 0. The Hall–Kier alpha value is -3.62. The molecule has 3 aromatic rings. The lowest BCUT2D eigenvalue weighted by Gasteiger charge is -2.30. The number of aromatic nitrogens is 2. The molecule has 144 valence electrons. The van der Waals surface area contributed by atoms with E-state index in [1.165, 1.54) is 10.6 Å². The fourth-order valence-electron chi connectivity index (χ4n) is 3.51. The first-order valence-corrected chi connectivity index (χ1v) is 8.68. The van der Waals surface area contributed by atoms with Crippen molar-refractivity contribution in [2.75, 3.05) is 25.7 Å².